The molecule has 3 rings (SSSR count). The molecule has 1 aliphatic heterocycles. The number of carbonyl (C=O) groups is 1. The van der Waals surface area contributed by atoms with Crippen LogP contribution in [0.5, 0.6) is 0 Å². The van der Waals surface area contributed by atoms with Crippen LogP contribution in [0.2, 0.25) is 0 Å². The van der Waals surface area contributed by atoms with Crippen molar-refractivity contribution in [2.75, 3.05) is 19.9 Å². The Morgan fingerprint density at radius 2 is 1.83 bits per heavy atom. The molecule has 0 saturated carbocycles. The Kier molecular flexibility index (Phi) is 6.51. The monoisotopic (exact) mass is 410 g/mol. The minimum atomic E-state index is -3.29. The summed E-state index contributed by atoms with van der Waals surface area (Å²) in [5, 5.41) is 22.1. The third-order valence-corrected chi connectivity index (χ3v) is 4.74. The zero-order valence-electron chi connectivity index (χ0n) is 15.4. The number of hydrogen-bond acceptors (Lipinski definition) is 5. The van der Waals surface area contributed by atoms with E-state index in [2.05, 4.69) is 4.98 Å². The molecule has 2 heterocycles. The molecular formula is C20H21F3N2O4. The number of carbonyl (C=O) groups excluding carboxylic acids is 1. The largest absolute Gasteiger partial charge is 0.386 e. The molecule has 0 unspecified atom stereocenters. The number of rotatable bonds is 8. The molecule has 1 aromatic heterocycles. The number of nitrogens with zero attached hydrogens (tertiary/aromatic N) is 1. The minimum Gasteiger partial charge on any atom is -0.386 e. The van der Waals surface area contributed by atoms with Crippen LogP contribution in [0.3, 0.4) is 0 Å². The van der Waals surface area contributed by atoms with Crippen molar-refractivity contribution in [2.45, 2.75) is 30.6 Å². The second-order valence-corrected chi connectivity index (χ2v) is 7.07. The lowest BCUT2D eigenvalue weighted by Crippen LogP contribution is -2.51. The molecule has 2 aromatic rings. The molecule has 6 nitrogen and oxygen atoms in total. The van der Waals surface area contributed by atoms with Crippen molar-refractivity contribution in [2.24, 2.45) is 0 Å². The number of aromatic nitrogens is 1. The van der Waals surface area contributed by atoms with Gasteiger partial charge in [-0.25, -0.2) is 4.39 Å². The minimum absolute atomic E-state index is 0.280. The van der Waals surface area contributed by atoms with Gasteiger partial charge >= 0.3 is 6.43 Å². The number of aliphatic hydroxyl groups excluding tert-OH is 1. The van der Waals surface area contributed by atoms with Crippen molar-refractivity contribution in [1.82, 2.24) is 10.3 Å². The van der Waals surface area contributed by atoms with E-state index in [-0.39, 0.29) is 18.8 Å². The van der Waals surface area contributed by atoms with Crippen molar-refractivity contribution in [3.63, 3.8) is 0 Å². The molecule has 0 bridgehead atoms. The zero-order chi connectivity index (χ0) is 21.0. The topological polar surface area (TPSA) is 91.7 Å². The van der Waals surface area contributed by atoms with E-state index in [4.69, 9.17) is 4.74 Å². The van der Waals surface area contributed by atoms with E-state index < -0.39 is 36.8 Å². The summed E-state index contributed by atoms with van der Waals surface area (Å²) >= 11 is 0. The standard InChI is InChI=1S/C20H21F3N2O4/c21-8-16(25-19(27)18(22)23)17(26)13-3-1-12(2-4-13)14-5-6-15(24-9-14)7-20(28)10-29-11-20/h1-6,9,16-18,26,28H,7-8,10-11H2,(H,25,27)/t16-,17-/m1/s1. The number of amides is 1. The summed E-state index contributed by atoms with van der Waals surface area (Å²) in [5.41, 5.74) is 1.72. The summed E-state index contributed by atoms with van der Waals surface area (Å²) in [7, 11) is 0. The molecule has 1 fully saturated rings. The number of aliphatic hydroxyl groups is 2. The summed E-state index contributed by atoms with van der Waals surface area (Å²) in [4.78, 5) is 15.4. The number of pyridine rings is 1. The molecule has 1 aliphatic rings. The molecule has 1 aromatic carbocycles. The van der Waals surface area contributed by atoms with Gasteiger partial charge in [0, 0.05) is 23.9 Å². The quantitative estimate of drug-likeness (QED) is 0.618. The van der Waals surface area contributed by atoms with Gasteiger partial charge in [0.05, 0.1) is 19.3 Å². The van der Waals surface area contributed by atoms with Gasteiger partial charge in [0.1, 0.15) is 18.4 Å². The van der Waals surface area contributed by atoms with E-state index >= 15 is 0 Å². The number of hydrogen-bond donors (Lipinski definition) is 3. The second kappa shape index (κ2) is 8.89. The van der Waals surface area contributed by atoms with Gasteiger partial charge in [-0.3, -0.25) is 9.78 Å². The second-order valence-electron chi connectivity index (χ2n) is 7.07. The van der Waals surface area contributed by atoms with E-state index in [0.717, 1.165) is 16.8 Å². The highest BCUT2D eigenvalue weighted by atomic mass is 19.3. The van der Waals surface area contributed by atoms with Crippen molar-refractivity contribution in [1.29, 1.82) is 0 Å². The highest BCUT2D eigenvalue weighted by Gasteiger charge is 2.36. The van der Waals surface area contributed by atoms with Crippen LogP contribution in [0.15, 0.2) is 42.6 Å². The number of nitrogens with one attached hydrogen (secondary N) is 1. The van der Waals surface area contributed by atoms with Crippen molar-refractivity contribution >= 4 is 5.91 Å². The fourth-order valence-corrected chi connectivity index (χ4v) is 3.03. The highest BCUT2D eigenvalue weighted by molar-refractivity contribution is 5.79. The van der Waals surface area contributed by atoms with E-state index in [1.165, 1.54) is 12.1 Å². The normalized spacial score (nSPS) is 17.4. The Morgan fingerprint density at radius 3 is 2.31 bits per heavy atom. The maximum Gasteiger partial charge on any atom is 0.315 e. The van der Waals surface area contributed by atoms with Crippen LogP contribution < -0.4 is 5.32 Å². The van der Waals surface area contributed by atoms with Gasteiger partial charge in [-0.15, -0.1) is 0 Å². The Bertz CT molecular complexity index is 827. The fraction of sp³-hybridized carbons (Fsp3) is 0.400. The van der Waals surface area contributed by atoms with Gasteiger partial charge in [-0.2, -0.15) is 8.78 Å². The third kappa shape index (κ3) is 5.11. The van der Waals surface area contributed by atoms with Crippen LogP contribution in [0.1, 0.15) is 17.4 Å². The SMILES string of the molecule is O=C(N[C@H](CF)[C@H](O)c1ccc(-c2ccc(CC3(O)COC3)nc2)cc1)C(F)F. The molecular weight excluding hydrogens is 389 g/mol. The number of halogens is 3. The first-order chi connectivity index (χ1) is 13.8. The smallest absolute Gasteiger partial charge is 0.315 e. The van der Waals surface area contributed by atoms with E-state index in [1.807, 2.05) is 6.07 Å². The van der Waals surface area contributed by atoms with Crippen LogP contribution in [0.4, 0.5) is 13.2 Å². The summed E-state index contributed by atoms with van der Waals surface area (Å²) < 4.78 is 42.8. The average Bonchev–Trinajstić information content (AvgIpc) is 2.70. The first-order valence-corrected chi connectivity index (χ1v) is 8.99. The van der Waals surface area contributed by atoms with Crippen LogP contribution in [-0.4, -0.2) is 59.1 Å². The summed E-state index contributed by atoms with van der Waals surface area (Å²) in [5.74, 6) is -1.63. The number of ether oxygens (including phenoxy) is 1. The first-order valence-electron chi connectivity index (χ1n) is 8.99. The molecule has 0 spiro atoms. The maximum absolute atomic E-state index is 13.1. The Hall–Kier alpha value is -2.49. The molecule has 1 saturated heterocycles. The molecule has 9 heteroatoms. The molecule has 1 amide bonds. The lowest BCUT2D eigenvalue weighted by Gasteiger charge is -2.36. The number of alkyl halides is 3. The Morgan fingerprint density at radius 1 is 1.17 bits per heavy atom. The highest BCUT2D eigenvalue weighted by Crippen LogP contribution is 2.25. The third-order valence-electron chi connectivity index (χ3n) is 4.74. The maximum atomic E-state index is 13.1. The summed E-state index contributed by atoms with van der Waals surface area (Å²) in [6.07, 6.45) is -2.71. The molecule has 29 heavy (non-hydrogen) atoms. The van der Waals surface area contributed by atoms with Crippen LogP contribution >= 0.6 is 0 Å². The number of benzene rings is 1. The van der Waals surface area contributed by atoms with Gasteiger partial charge in [-0.1, -0.05) is 30.3 Å². The van der Waals surface area contributed by atoms with Crippen molar-refractivity contribution in [3.8, 4) is 11.1 Å². The zero-order valence-corrected chi connectivity index (χ0v) is 15.4. The van der Waals surface area contributed by atoms with Crippen LogP contribution in [0, 0.1) is 0 Å². The fourth-order valence-electron chi connectivity index (χ4n) is 3.03. The summed E-state index contributed by atoms with van der Waals surface area (Å²) in [6.45, 7) is -0.611. The van der Waals surface area contributed by atoms with E-state index in [0.29, 0.717) is 6.42 Å². The van der Waals surface area contributed by atoms with Gasteiger partial charge < -0.3 is 20.3 Å². The molecule has 0 radical (unpaired) electrons. The Balaban J connectivity index is 1.66. The van der Waals surface area contributed by atoms with Crippen LogP contribution in [0.25, 0.3) is 11.1 Å². The lowest BCUT2D eigenvalue weighted by molar-refractivity contribution is -0.177. The molecule has 156 valence electrons. The van der Waals surface area contributed by atoms with Crippen molar-refractivity contribution in [3.05, 3.63) is 53.9 Å². The van der Waals surface area contributed by atoms with Crippen LogP contribution in [-0.2, 0) is 16.0 Å². The van der Waals surface area contributed by atoms with Crippen molar-refractivity contribution < 1.29 is 32.9 Å². The van der Waals surface area contributed by atoms with Gasteiger partial charge in [0.15, 0.2) is 0 Å². The molecule has 2 atom stereocenters. The van der Waals surface area contributed by atoms with E-state index in [9.17, 15) is 28.2 Å². The average molecular weight is 410 g/mol. The predicted molar refractivity (Wildman–Crippen MR) is 98.0 cm³/mol. The van der Waals surface area contributed by atoms with E-state index in [1.54, 1.807) is 29.7 Å². The first kappa shape index (κ1) is 21.2. The lowest BCUT2D eigenvalue weighted by atomic mass is 9.95. The summed E-state index contributed by atoms with van der Waals surface area (Å²) in [6, 6.07) is 8.57. The molecule has 0 aliphatic carbocycles. The van der Waals surface area contributed by atoms with Gasteiger partial charge in [-0.05, 0) is 17.2 Å². The predicted octanol–water partition coefficient (Wildman–Crippen LogP) is 1.81. The Labute approximate surface area is 165 Å². The van der Waals surface area contributed by atoms with Gasteiger partial charge in [0.2, 0.25) is 0 Å². The van der Waals surface area contributed by atoms with Gasteiger partial charge in [0.25, 0.3) is 5.91 Å². The molecule has 3 N–H and O–H groups in total.